The summed E-state index contributed by atoms with van der Waals surface area (Å²) >= 11 is 3.55. The van der Waals surface area contributed by atoms with E-state index in [9.17, 15) is 4.39 Å². The van der Waals surface area contributed by atoms with Crippen LogP contribution in [0.25, 0.3) is 0 Å². The van der Waals surface area contributed by atoms with Crippen molar-refractivity contribution in [2.75, 3.05) is 5.32 Å². The minimum absolute atomic E-state index is 0.200. The van der Waals surface area contributed by atoms with Crippen molar-refractivity contribution < 1.29 is 4.39 Å². The summed E-state index contributed by atoms with van der Waals surface area (Å²) in [5.41, 5.74) is 4.39. The van der Waals surface area contributed by atoms with Gasteiger partial charge in [-0.2, -0.15) is 0 Å². The zero-order valence-electron chi connectivity index (χ0n) is 10.4. The van der Waals surface area contributed by atoms with E-state index >= 15 is 0 Å². The maximum absolute atomic E-state index is 13.1. The first-order valence-electron chi connectivity index (χ1n) is 5.81. The van der Waals surface area contributed by atoms with Crippen LogP contribution in [0.15, 0.2) is 40.9 Å². The number of aryl methyl sites for hydroxylation is 2. The van der Waals surface area contributed by atoms with Crippen molar-refractivity contribution in [1.82, 2.24) is 0 Å². The number of nitrogens with one attached hydrogen (secondary N) is 1. The van der Waals surface area contributed by atoms with E-state index in [1.807, 2.05) is 6.07 Å². The van der Waals surface area contributed by atoms with E-state index < -0.39 is 0 Å². The van der Waals surface area contributed by atoms with Gasteiger partial charge in [-0.25, -0.2) is 4.39 Å². The van der Waals surface area contributed by atoms with E-state index in [-0.39, 0.29) is 5.82 Å². The minimum atomic E-state index is -0.200. The highest BCUT2D eigenvalue weighted by Gasteiger charge is 2.04. The van der Waals surface area contributed by atoms with Gasteiger partial charge in [0.1, 0.15) is 5.82 Å². The Labute approximate surface area is 115 Å². The van der Waals surface area contributed by atoms with Gasteiger partial charge >= 0.3 is 0 Å². The molecular formula is C15H15BrFN. The fraction of sp³-hybridized carbons (Fsp3) is 0.200. The van der Waals surface area contributed by atoms with Crippen molar-refractivity contribution in [1.29, 1.82) is 0 Å². The quantitative estimate of drug-likeness (QED) is 0.857. The second-order valence-electron chi connectivity index (χ2n) is 4.42. The molecule has 2 aromatic rings. The van der Waals surface area contributed by atoms with Crippen molar-refractivity contribution in [2.24, 2.45) is 0 Å². The normalized spacial score (nSPS) is 10.4. The van der Waals surface area contributed by atoms with Crippen LogP contribution in [0.5, 0.6) is 0 Å². The molecule has 0 saturated carbocycles. The molecule has 2 aromatic carbocycles. The van der Waals surface area contributed by atoms with Crippen molar-refractivity contribution in [2.45, 2.75) is 20.4 Å². The van der Waals surface area contributed by atoms with E-state index in [2.05, 4.69) is 47.2 Å². The lowest BCUT2D eigenvalue weighted by atomic mass is 10.1. The van der Waals surface area contributed by atoms with Crippen LogP contribution >= 0.6 is 15.9 Å². The van der Waals surface area contributed by atoms with Crippen molar-refractivity contribution in [3.05, 3.63) is 63.4 Å². The summed E-state index contributed by atoms with van der Waals surface area (Å²) in [7, 11) is 0. The van der Waals surface area contributed by atoms with Crippen LogP contribution in [0, 0.1) is 19.7 Å². The molecule has 0 bridgehead atoms. The Morgan fingerprint density at radius 2 is 1.94 bits per heavy atom. The molecule has 0 aromatic heterocycles. The van der Waals surface area contributed by atoms with E-state index in [4.69, 9.17) is 0 Å². The molecule has 94 valence electrons. The molecule has 1 nitrogen and oxygen atoms in total. The first-order chi connectivity index (χ1) is 8.56. The molecule has 18 heavy (non-hydrogen) atoms. The summed E-state index contributed by atoms with van der Waals surface area (Å²) < 4.78 is 14.1. The topological polar surface area (TPSA) is 12.0 Å². The molecule has 0 aliphatic heterocycles. The average molecular weight is 308 g/mol. The van der Waals surface area contributed by atoms with Crippen LogP contribution in [-0.4, -0.2) is 0 Å². The fourth-order valence-corrected chi connectivity index (χ4v) is 2.79. The van der Waals surface area contributed by atoms with Crippen molar-refractivity contribution >= 4 is 21.6 Å². The lowest BCUT2D eigenvalue weighted by Crippen LogP contribution is -2.02. The predicted octanol–water partition coefficient (Wildman–Crippen LogP) is 4.82. The number of rotatable bonds is 3. The third-order valence-corrected chi connectivity index (χ3v) is 3.42. The molecular weight excluding hydrogens is 293 g/mol. The molecule has 3 heteroatoms. The lowest BCUT2D eigenvalue weighted by Gasteiger charge is -2.13. The van der Waals surface area contributed by atoms with E-state index in [1.165, 1.54) is 17.2 Å². The smallest absolute Gasteiger partial charge is 0.123 e. The zero-order valence-corrected chi connectivity index (χ0v) is 12.0. The number of anilines is 1. The molecule has 0 unspecified atom stereocenters. The standard InChI is InChI=1S/C15H15BrFN/c1-10-6-11(2)15(14(16)7-10)18-9-12-4-3-5-13(17)8-12/h3-8,18H,9H2,1-2H3. The van der Waals surface area contributed by atoms with Gasteiger partial charge in [0, 0.05) is 11.0 Å². The van der Waals surface area contributed by atoms with Crippen LogP contribution < -0.4 is 5.32 Å². The third-order valence-electron chi connectivity index (χ3n) is 2.79. The van der Waals surface area contributed by atoms with Gasteiger partial charge in [0.2, 0.25) is 0 Å². The number of halogens is 2. The van der Waals surface area contributed by atoms with E-state index in [1.54, 1.807) is 12.1 Å². The first kappa shape index (κ1) is 13.1. The monoisotopic (exact) mass is 307 g/mol. The van der Waals surface area contributed by atoms with Gasteiger partial charge < -0.3 is 5.32 Å². The highest BCUT2D eigenvalue weighted by Crippen LogP contribution is 2.28. The second-order valence-corrected chi connectivity index (χ2v) is 5.28. The predicted molar refractivity (Wildman–Crippen MR) is 77.3 cm³/mol. The van der Waals surface area contributed by atoms with Gasteiger partial charge in [0.15, 0.2) is 0 Å². The summed E-state index contributed by atoms with van der Waals surface area (Å²) in [6.07, 6.45) is 0. The van der Waals surface area contributed by atoms with E-state index in [0.717, 1.165) is 15.7 Å². The highest BCUT2D eigenvalue weighted by atomic mass is 79.9. The molecule has 0 heterocycles. The van der Waals surface area contributed by atoms with Gasteiger partial charge in [-0.05, 0) is 64.7 Å². The Morgan fingerprint density at radius 3 is 2.61 bits per heavy atom. The largest absolute Gasteiger partial charge is 0.380 e. The Morgan fingerprint density at radius 1 is 1.17 bits per heavy atom. The maximum atomic E-state index is 13.1. The average Bonchev–Trinajstić information content (AvgIpc) is 2.27. The number of hydrogen-bond donors (Lipinski definition) is 1. The summed E-state index contributed by atoms with van der Waals surface area (Å²) in [6, 6.07) is 10.8. The Bertz CT molecular complexity index is 543. The molecule has 2 rings (SSSR count). The third kappa shape index (κ3) is 3.10. The highest BCUT2D eigenvalue weighted by molar-refractivity contribution is 9.10. The van der Waals surface area contributed by atoms with Gasteiger partial charge in [-0.3, -0.25) is 0 Å². The zero-order chi connectivity index (χ0) is 13.1. The van der Waals surface area contributed by atoms with Crippen molar-refractivity contribution in [3.63, 3.8) is 0 Å². The molecule has 0 radical (unpaired) electrons. The molecule has 0 aliphatic rings. The van der Waals surface area contributed by atoms with Gasteiger partial charge in [-0.1, -0.05) is 18.2 Å². The second kappa shape index (κ2) is 5.53. The maximum Gasteiger partial charge on any atom is 0.123 e. The molecule has 1 N–H and O–H groups in total. The summed E-state index contributed by atoms with van der Waals surface area (Å²) in [6.45, 7) is 4.74. The Kier molecular flexibility index (Phi) is 4.02. The summed E-state index contributed by atoms with van der Waals surface area (Å²) in [4.78, 5) is 0. The minimum Gasteiger partial charge on any atom is -0.380 e. The fourth-order valence-electron chi connectivity index (χ4n) is 1.98. The van der Waals surface area contributed by atoms with Gasteiger partial charge in [-0.15, -0.1) is 0 Å². The molecule has 0 atom stereocenters. The summed E-state index contributed by atoms with van der Waals surface area (Å²) in [5.74, 6) is -0.200. The molecule has 0 fully saturated rings. The Balaban J connectivity index is 2.16. The van der Waals surface area contributed by atoms with Crippen LogP contribution in [-0.2, 0) is 6.54 Å². The first-order valence-corrected chi connectivity index (χ1v) is 6.60. The number of hydrogen-bond acceptors (Lipinski definition) is 1. The van der Waals surface area contributed by atoms with Gasteiger partial charge in [0.05, 0.1) is 5.69 Å². The molecule has 0 amide bonds. The van der Waals surface area contributed by atoms with Crippen LogP contribution in [0.1, 0.15) is 16.7 Å². The number of benzene rings is 2. The lowest BCUT2D eigenvalue weighted by molar-refractivity contribution is 0.626. The molecule has 0 aliphatic carbocycles. The van der Waals surface area contributed by atoms with Crippen molar-refractivity contribution in [3.8, 4) is 0 Å². The van der Waals surface area contributed by atoms with E-state index in [0.29, 0.717) is 6.54 Å². The van der Waals surface area contributed by atoms with Crippen LogP contribution in [0.3, 0.4) is 0 Å². The summed E-state index contributed by atoms with van der Waals surface area (Å²) in [5, 5.41) is 3.34. The molecule has 0 spiro atoms. The Hall–Kier alpha value is -1.35. The van der Waals surface area contributed by atoms with Gasteiger partial charge in [0.25, 0.3) is 0 Å². The SMILES string of the molecule is Cc1cc(C)c(NCc2cccc(F)c2)c(Br)c1. The van der Waals surface area contributed by atoms with Crippen LogP contribution in [0.2, 0.25) is 0 Å². The molecule has 0 saturated heterocycles. The van der Waals surface area contributed by atoms with Crippen LogP contribution in [0.4, 0.5) is 10.1 Å².